The van der Waals surface area contributed by atoms with Crippen LogP contribution in [0.4, 0.5) is 0 Å². The second kappa shape index (κ2) is 15.7. The topological polar surface area (TPSA) is 204 Å². The fraction of sp³-hybridized carbons (Fsp3) is 0.500. The summed E-state index contributed by atoms with van der Waals surface area (Å²) in [5.74, 6) is -8.03. The first kappa shape index (κ1) is 35.6. The number of carboxylic acids is 4. The van der Waals surface area contributed by atoms with E-state index in [1.54, 1.807) is 0 Å². The van der Waals surface area contributed by atoms with Crippen molar-refractivity contribution in [3.05, 3.63) is 0 Å². The minimum atomic E-state index is -2.20. The van der Waals surface area contributed by atoms with Gasteiger partial charge in [0, 0.05) is 6.92 Å². The fourth-order valence-electron chi connectivity index (χ4n) is 2.02. The molecule has 0 bridgehead atoms. The van der Waals surface area contributed by atoms with Crippen LogP contribution in [0, 0.1) is 0 Å². The molecule has 0 aliphatic rings. The van der Waals surface area contributed by atoms with Crippen LogP contribution in [0.5, 0.6) is 0 Å². The summed E-state index contributed by atoms with van der Waals surface area (Å²) in [6, 6.07) is -2.20. The number of rotatable bonds is 9. The van der Waals surface area contributed by atoms with Crippen molar-refractivity contribution in [3.63, 3.8) is 0 Å². The number of carboxylic acid groups (broad SMARTS) is 4. The van der Waals surface area contributed by atoms with Crippen molar-refractivity contribution in [2.75, 3.05) is 19.6 Å². The van der Waals surface area contributed by atoms with E-state index in [2.05, 4.69) is 0 Å². The molecule has 0 aromatic rings. The van der Waals surface area contributed by atoms with Gasteiger partial charge >= 0.3 is 107 Å². The summed E-state index contributed by atoms with van der Waals surface area (Å²) in [4.78, 5) is 54.8. The van der Waals surface area contributed by atoms with Crippen LogP contribution in [-0.2, 0) is 24.0 Å². The van der Waals surface area contributed by atoms with Crippen molar-refractivity contribution in [2.45, 2.75) is 13.0 Å². The van der Waals surface area contributed by atoms with Gasteiger partial charge in [-0.15, -0.1) is 0 Å². The first-order valence-corrected chi connectivity index (χ1v) is 5.24. The summed E-state index contributed by atoms with van der Waals surface area (Å²) in [5, 5.41) is 37.3. The molecule has 0 fully saturated rings. The van der Waals surface area contributed by atoms with Crippen LogP contribution in [0.25, 0.3) is 0 Å². The molecule has 0 spiro atoms. The van der Waals surface area contributed by atoms with E-state index in [0.29, 0.717) is 0 Å². The molecule has 0 aliphatic heterocycles. The molecule has 1 atom stereocenters. The Labute approximate surface area is 203 Å². The third kappa shape index (κ3) is 11.9. The number of ketones is 1. The molecular formula is C10H19N2Na3O9. The molecule has 0 heterocycles. The van der Waals surface area contributed by atoms with Crippen LogP contribution < -0.4 is 11.3 Å². The normalized spacial score (nSPS) is 10.4. The standard InChI is InChI=1S/C10H13NO9.H3N.3Na.3H/c1-5(12)9(10(19)20)11(2-6(13)14,3-7(15)16)4-8(17)18;;;;;;;/h9H,2-4H2,1H3,(H3-,13,14,15,16,17,18,19,20);1H3;;;;;;. The SMILES string of the molecule is CC(=O)C(C(=O)[O-])[N+](CC(=O)O)(CC(=O)O)CC(=O)O.N.[NaH].[NaH].[NaH]. The maximum atomic E-state index is 11.4. The van der Waals surface area contributed by atoms with Gasteiger partial charge in [-0.1, -0.05) is 0 Å². The Morgan fingerprint density at radius 1 is 0.833 bits per heavy atom. The Balaban J connectivity index is -0.000000301. The molecule has 24 heavy (non-hydrogen) atoms. The number of quaternary nitrogens is 1. The molecule has 0 amide bonds. The fourth-order valence-corrected chi connectivity index (χ4v) is 2.02. The Bertz CT molecular complexity index is 418. The van der Waals surface area contributed by atoms with Gasteiger partial charge < -0.3 is 31.4 Å². The summed E-state index contributed by atoms with van der Waals surface area (Å²) >= 11 is 0. The van der Waals surface area contributed by atoms with Crippen LogP contribution in [0.2, 0.25) is 0 Å². The Hall–Kier alpha value is 0.470. The van der Waals surface area contributed by atoms with Crippen molar-refractivity contribution >= 4 is 118 Å². The van der Waals surface area contributed by atoms with Crippen molar-refractivity contribution < 1.29 is 48.9 Å². The molecule has 0 saturated heterocycles. The van der Waals surface area contributed by atoms with Gasteiger partial charge in [-0.2, -0.15) is 0 Å². The van der Waals surface area contributed by atoms with Gasteiger partial charge in [-0.3, -0.25) is 9.28 Å². The van der Waals surface area contributed by atoms with Gasteiger partial charge in [0.15, 0.2) is 31.5 Å². The van der Waals surface area contributed by atoms with Crippen molar-refractivity contribution in [1.82, 2.24) is 6.15 Å². The zero-order valence-corrected chi connectivity index (χ0v) is 11.1. The number of hydrogen-bond acceptors (Lipinski definition) is 7. The monoisotopic (exact) mass is 380 g/mol. The molecule has 11 nitrogen and oxygen atoms in total. The van der Waals surface area contributed by atoms with Crippen molar-refractivity contribution in [1.29, 1.82) is 0 Å². The molecule has 0 aliphatic carbocycles. The van der Waals surface area contributed by atoms with E-state index in [-0.39, 0.29) is 94.8 Å². The number of carbonyl (C=O) groups excluding carboxylic acids is 2. The van der Waals surface area contributed by atoms with Crippen LogP contribution in [0.3, 0.4) is 0 Å². The number of carbonyl (C=O) groups is 5. The zero-order valence-electron chi connectivity index (χ0n) is 11.1. The van der Waals surface area contributed by atoms with Crippen LogP contribution >= 0.6 is 0 Å². The maximum absolute atomic E-state index is 11.4. The van der Waals surface area contributed by atoms with Gasteiger partial charge in [-0.25, -0.2) is 14.4 Å². The Morgan fingerprint density at radius 2 is 1.08 bits per heavy atom. The van der Waals surface area contributed by atoms with Gasteiger partial charge in [0.2, 0.25) is 0 Å². The first-order chi connectivity index (χ1) is 9.01. The Kier molecular flexibility index (Phi) is 23.3. The van der Waals surface area contributed by atoms with E-state index in [9.17, 15) is 29.1 Å². The predicted octanol–water partition coefficient (Wildman–Crippen LogP) is -5.02. The molecule has 0 aromatic carbocycles. The van der Waals surface area contributed by atoms with E-state index < -0.39 is 59.8 Å². The third-order valence-corrected chi connectivity index (χ3v) is 2.51. The molecule has 126 valence electrons. The zero-order chi connectivity index (χ0) is 16.1. The molecule has 0 rings (SSSR count). The van der Waals surface area contributed by atoms with Crippen LogP contribution in [-0.4, -0.2) is 164 Å². The molecule has 0 aromatic heterocycles. The van der Waals surface area contributed by atoms with E-state index >= 15 is 0 Å². The number of hydrogen-bond donors (Lipinski definition) is 4. The number of nitrogens with zero attached hydrogens (tertiary/aromatic N) is 1. The molecule has 1 unspecified atom stereocenters. The number of aliphatic carboxylic acids is 4. The molecule has 6 N–H and O–H groups in total. The summed E-state index contributed by atoms with van der Waals surface area (Å²) in [7, 11) is 0. The van der Waals surface area contributed by atoms with Gasteiger partial charge in [0.25, 0.3) is 0 Å². The quantitative estimate of drug-likeness (QED) is 0.170. The molecule has 0 radical (unpaired) electrons. The van der Waals surface area contributed by atoms with Gasteiger partial charge in [0.05, 0.1) is 0 Å². The minimum absolute atomic E-state index is 0. The van der Waals surface area contributed by atoms with Gasteiger partial charge in [0.1, 0.15) is 5.97 Å². The summed E-state index contributed by atoms with van der Waals surface area (Å²) < 4.78 is -1.49. The molecule has 14 heteroatoms. The summed E-state index contributed by atoms with van der Waals surface area (Å²) in [5.41, 5.74) is 0. The van der Waals surface area contributed by atoms with Crippen LogP contribution in [0.1, 0.15) is 6.92 Å². The van der Waals surface area contributed by atoms with Crippen molar-refractivity contribution in [3.8, 4) is 0 Å². The summed E-state index contributed by atoms with van der Waals surface area (Å²) in [6.45, 7) is -2.68. The van der Waals surface area contributed by atoms with E-state index in [4.69, 9.17) is 15.3 Å². The first-order valence-electron chi connectivity index (χ1n) is 5.24. The van der Waals surface area contributed by atoms with E-state index in [1.807, 2.05) is 0 Å². The summed E-state index contributed by atoms with van der Waals surface area (Å²) in [6.07, 6.45) is 0. The third-order valence-electron chi connectivity index (χ3n) is 2.51. The van der Waals surface area contributed by atoms with Crippen LogP contribution in [0.15, 0.2) is 0 Å². The van der Waals surface area contributed by atoms with E-state index in [1.165, 1.54) is 0 Å². The second-order valence-corrected chi connectivity index (χ2v) is 4.21. The predicted molar refractivity (Wildman–Crippen MR) is 83.7 cm³/mol. The Morgan fingerprint density at radius 3 is 1.21 bits per heavy atom. The van der Waals surface area contributed by atoms with E-state index in [0.717, 1.165) is 6.92 Å². The average Bonchev–Trinajstić information content (AvgIpc) is 2.10. The molecule has 0 saturated carbocycles. The van der Waals surface area contributed by atoms with Gasteiger partial charge in [-0.05, 0) is 0 Å². The van der Waals surface area contributed by atoms with Crippen molar-refractivity contribution in [2.24, 2.45) is 0 Å². The second-order valence-electron chi connectivity index (χ2n) is 4.21. The molecular weight excluding hydrogens is 361 g/mol. The number of Topliss-reactive ketones (excluding diaryl/α,β-unsaturated/α-hetero) is 1. The average molecular weight is 380 g/mol.